The summed E-state index contributed by atoms with van der Waals surface area (Å²) in [6.07, 6.45) is 3.57. The largest absolute Gasteiger partial charge is 0.317 e. The van der Waals surface area contributed by atoms with Crippen LogP contribution in [0, 0.1) is 12.8 Å². The van der Waals surface area contributed by atoms with Crippen LogP contribution in [-0.4, -0.2) is 31.4 Å². The molecule has 0 aromatic heterocycles. The number of fused-ring (bicyclic) bond motifs is 1. The molecule has 2 heterocycles. The van der Waals surface area contributed by atoms with Gasteiger partial charge >= 0.3 is 0 Å². The van der Waals surface area contributed by atoms with Crippen molar-refractivity contribution in [1.82, 2.24) is 0 Å². The first kappa shape index (κ1) is 20.7. The van der Waals surface area contributed by atoms with Gasteiger partial charge in [0.1, 0.15) is 5.71 Å². The zero-order valence-electron chi connectivity index (χ0n) is 18.6. The number of piperidine rings is 1. The maximum absolute atomic E-state index is 13.4. The topological polar surface area (TPSA) is 37.1 Å². The van der Waals surface area contributed by atoms with E-state index in [1.807, 2.05) is 53.4 Å². The summed E-state index contributed by atoms with van der Waals surface area (Å²) >= 11 is 0. The van der Waals surface area contributed by atoms with Gasteiger partial charge < -0.3 is 4.90 Å². The average molecular weight is 425 g/mol. The van der Waals surface area contributed by atoms with Gasteiger partial charge in [-0.1, -0.05) is 66.2 Å². The SMILES string of the molecule is Cc1ccc(N=C2C(=O)N(C[NH+]3CCC(Cc4ccccc4)CC3)c3ccccc32)cc1. The van der Waals surface area contributed by atoms with E-state index in [-0.39, 0.29) is 5.91 Å². The van der Waals surface area contributed by atoms with Gasteiger partial charge in [0.05, 0.1) is 24.5 Å². The molecular formula is C28H30N3O+. The standard InChI is InChI=1S/C28H29N3O/c1-21-11-13-24(14-12-21)29-27-25-9-5-6-10-26(25)31(28(27)32)20-30-17-15-23(16-18-30)19-22-7-3-2-4-8-22/h2-14,23H,15-20H2,1H3/p+1. The molecule has 1 fully saturated rings. The maximum atomic E-state index is 13.4. The lowest BCUT2D eigenvalue weighted by Gasteiger charge is -2.32. The van der Waals surface area contributed by atoms with Crippen molar-refractivity contribution in [3.8, 4) is 0 Å². The molecule has 3 aromatic carbocycles. The first-order chi connectivity index (χ1) is 15.7. The van der Waals surface area contributed by atoms with Crippen LogP contribution in [0.5, 0.6) is 0 Å². The third-order valence-corrected chi connectivity index (χ3v) is 6.73. The number of nitrogens with zero attached hydrogens (tertiary/aromatic N) is 2. The van der Waals surface area contributed by atoms with Crippen LogP contribution in [0.2, 0.25) is 0 Å². The number of likely N-dealkylation sites (tertiary alicyclic amines) is 1. The predicted molar refractivity (Wildman–Crippen MR) is 130 cm³/mol. The number of carbonyl (C=O) groups is 1. The monoisotopic (exact) mass is 424 g/mol. The first-order valence-electron chi connectivity index (χ1n) is 11.6. The zero-order chi connectivity index (χ0) is 21.9. The molecule has 0 aliphatic carbocycles. The summed E-state index contributed by atoms with van der Waals surface area (Å²) in [5.41, 5.74) is 5.93. The summed E-state index contributed by atoms with van der Waals surface area (Å²) in [6, 6.07) is 26.9. The molecule has 2 aliphatic rings. The number of carbonyl (C=O) groups excluding carboxylic acids is 1. The predicted octanol–water partition coefficient (Wildman–Crippen LogP) is 3.96. The number of benzene rings is 3. The van der Waals surface area contributed by atoms with Gasteiger partial charge in [0, 0.05) is 5.56 Å². The van der Waals surface area contributed by atoms with Gasteiger partial charge in [-0.15, -0.1) is 0 Å². The molecule has 4 nitrogen and oxygen atoms in total. The summed E-state index contributed by atoms with van der Waals surface area (Å²) in [7, 11) is 0. The van der Waals surface area contributed by atoms with Gasteiger partial charge in [0.2, 0.25) is 0 Å². The Bertz CT molecular complexity index is 1110. The summed E-state index contributed by atoms with van der Waals surface area (Å²) < 4.78 is 0. The highest BCUT2D eigenvalue weighted by Gasteiger charge is 2.36. The van der Waals surface area contributed by atoms with Crippen molar-refractivity contribution in [2.75, 3.05) is 24.7 Å². The lowest BCUT2D eigenvalue weighted by Crippen LogP contribution is -3.14. The molecule has 0 saturated carbocycles. The number of quaternary nitrogens is 1. The van der Waals surface area contributed by atoms with Crippen molar-refractivity contribution >= 4 is 23.0 Å². The van der Waals surface area contributed by atoms with Crippen molar-refractivity contribution in [3.63, 3.8) is 0 Å². The second-order valence-electron chi connectivity index (χ2n) is 9.09. The second-order valence-corrected chi connectivity index (χ2v) is 9.09. The minimum atomic E-state index is 0.0192. The molecule has 3 aromatic rings. The van der Waals surface area contributed by atoms with E-state index in [1.54, 1.807) is 0 Å². The molecule has 0 spiro atoms. The van der Waals surface area contributed by atoms with Crippen LogP contribution in [0.15, 0.2) is 83.9 Å². The fraction of sp³-hybridized carbons (Fsp3) is 0.286. The molecule has 0 radical (unpaired) electrons. The highest BCUT2D eigenvalue weighted by molar-refractivity contribution is 6.54. The number of nitrogens with one attached hydrogen (secondary N) is 1. The van der Waals surface area contributed by atoms with Crippen LogP contribution >= 0.6 is 0 Å². The third kappa shape index (κ3) is 4.37. The lowest BCUT2D eigenvalue weighted by atomic mass is 9.90. The number of aryl methyl sites for hydroxylation is 1. The van der Waals surface area contributed by atoms with Crippen molar-refractivity contribution in [3.05, 3.63) is 95.6 Å². The van der Waals surface area contributed by atoms with E-state index in [2.05, 4.69) is 37.3 Å². The van der Waals surface area contributed by atoms with Crippen LogP contribution in [0.3, 0.4) is 0 Å². The van der Waals surface area contributed by atoms with E-state index in [0.717, 1.165) is 42.4 Å². The lowest BCUT2D eigenvalue weighted by molar-refractivity contribution is -0.904. The number of aliphatic imine (C=N–C) groups is 1. The van der Waals surface area contributed by atoms with Crippen LogP contribution in [0.1, 0.15) is 29.5 Å². The van der Waals surface area contributed by atoms with Crippen LogP contribution < -0.4 is 9.80 Å². The Morgan fingerprint density at radius 1 is 0.906 bits per heavy atom. The number of para-hydroxylation sites is 1. The maximum Gasteiger partial charge on any atom is 0.281 e. The Labute approximate surface area is 190 Å². The molecule has 162 valence electrons. The number of amides is 1. The Morgan fingerprint density at radius 3 is 2.34 bits per heavy atom. The van der Waals surface area contributed by atoms with E-state index in [4.69, 9.17) is 4.99 Å². The van der Waals surface area contributed by atoms with Crippen LogP contribution in [0.25, 0.3) is 0 Å². The Kier molecular flexibility index (Phi) is 5.87. The molecule has 2 aliphatic heterocycles. The number of hydrogen-bond donors (Lipinski definition) is 1. The molecule has 4 heteroatoms. The molecule has 1 N–H and O–H groups in total. The van der Waals surface area contributed by atoms with Crippen molar-refractivity contribution < 1.29 is 9.69 Å². The Morgan fingerprint density at radius 2 is 1.59 bits per heavy atom. The Balaban J connectivity index is 1.28. The summed E-state index contributed by atoms with van der Waals surface area (Å²) in [5, 5.41) is 0. The molecule has 1 saturated heterocycles. The van der Waals surface area contributed by atoms with E-state index in [0.29, 0.717) is 12.4 Å². The molecule has 0 bridgehead atoms. The fourth-order valence-corrected chi connectivity index (χ4v) is 4.89. The first-order valence-corrected chi connectivity index (χ1v) is 11.6. The average Bonchev–Trinajstić information content (AvgIpc) is 3.08. The smallest absolute Gasteiger partial charge is 0.281 e. The highest BCUT2D eigenvalue weighted by atomic mass is 16.2. The number of anilines is 1. The van der Waals surface area contributed by atoms with E-state index in [9.17, 15) is 4.79 Å². The normalized spacial score (nSPS) is 21.7. The third-order valence-electron chi connectivity index (χ3n) is 6.73. The Hall–Kier alpha value is -3.24. The molecule has 0 unspecified atom stereocenters. The molecule has 1 amide bonds. The van der Waals surface area contributed by atoms with Crippen molar-refractivity contribution in [2.45, 2.75) is 26.2 Å². The van der Waals surface area contributed by atoms with Gasteiger partial charge in [-0.25, -0.2) is 4.99 Å². The molecule has 32 heavy (non-hydrogen) atoms. The quantitative estimate of drug-likeness (QED) is 0.661. The van der Waals surface area contributed by atoms with Gasteiger partial charge in [0.15, 0.2) is 6.67 Å². The molecule has 5 rings (SSSR count). The van der Waals surface area contributed by atoms with Crippen molar-refractivity contribution in [1.29, 1.82) is 0 Å². The van der Waals surface area contributed by atoms with E-state index < -0.39 is 0 Å². The summed E-state index contributed by atoms with van der Waals surface area (Å²) in [5.74, 6) is 0.757. The van der Waals surface area contributed by atoms with Crippen LogP contribution in [0.4, 0.5) is 11.4 Å². The molecule has 0 atom stereocenters. The summed E-state index contributed by atoms with van der Waals surface area (Å²) in [6.45, 7) is 4.98. The fourth-order valence-electron chi connectivity index (χ4n) is 4.89. The molecular weight excluding hydrogens is 394 g/mol. The van der Waals surface area contributed by atoms with Gasteiger partial charge in [-0.2, -0.15) is 0 Å². The minimum absolute atomic E-state index is 0.0192. The highest BCUT2D eigenvalue weighted by Crippen LogP contribution is 2.30. The summed E-state index contributed by atoms with van der Waals surface area (Å²) in [4.78, 5) is 21.6. The van der Waals surface area contributed by atoms with E-state index >= 15 is 0 Å². The number of hydrogen-bond acceptors (Lipinski definition) is 2. The zero-order valence-corrected chi connectivity index (χ0v) is 18.6. The van der Waals surface area contributed by atoms with E-state index in [1.165, 1.54) is 28.9 Å². The number of rotatable bonds is 5. The van der Waals surface area contributed by atoms with Crippen molar-refractivity contribution in [2.24, 2.45) is 10.9 Å². The van der Waals surface area contributed by atoms with Crippen LogP contribution in [-0.2, 0) is 11.2 Å². The van der Waals surface area contributed by atoms with Gasteiger partial charge in [-0.3, -0.25) is 9.69 Å². The minimum Gasteiger partial charge on any atom is -0.317 e. The second kappa shape index (κ2) is 9.09. The van der Waals surface area contributed by atoms with Gasteiger partial charge in [-0.05, 0) is 55.9 Å². The van der Waals surface area contributed by atoms with Gasteiger partial charge in [0.25, 0.3) is 5.91 Å².